The van der Waals surface area contributed by atoms with Gasteiger partial charge in [0.25, 0.3) is 11.8 Å². The number of alkyl carbamates (subject to hydrolysis) is 1. The van der Waals surface area contributed by atoms with Gasteiger partial charge in [-0.3, -0.25) is 30.0 Å². The van der Waals surface area contributed by atoms with Crippen LogP contribution in [0.4, 0.5) is 27.5 Å². The summed E-state index contributed by atoms with van der Waals surface area (Å²) in [5.74, 6) is -1.37. The number of nitrogens with zero attached hydrogens (tertiary/aromatic N) is 2. The van der Waals surface area contributed by atoms with Gasteiger partial charge in [0, 0.05) is 49.3 Å². The van der Waals surface area contributed by atoms with Gasteiger partial charge in [-0.2, -0.15) is 5.11 Å². The lowest BCUT2D eigenvalue weighted by molar-refractivity contribution is -0.122. The first-order valence-electron chi connectivity index (χ1n) is 25.4. The van der Waals surface area contributed by atoms with Crippen LogP contribution in [0.25, 0.3) is 0 Å². The van der Waals surface area contributed by atoms with E-state index in [1.54, 1.807) is 75.4 Å². The van der Waals surface area contributed by atoms with Crippen LogP contribution in [0, 0.1) is 0 Å². The van der Waals surface area contributed by atoms with Gasteiger partial charge in [-0.25, -0.2) is 4.79 Å². The Morgan fingerprint density at radius 2 is 1.16 bits per heavy atom. The zero-order chi connectivity index (χ0) is 54.6. The summed E-state index contributed by atoms with van der Waals surface area (Å²) in [6.45, 7) is 12.0. The summed E-state index contributed by atoms with van der Waals surface area (Å²) in [7, 11) is 0. The van der Waals surface area contributed by atoms with Crippen LogP contribution in [0.5, 0.6) is 5.75 Å². The maximum atomic E-state index is 12.6. The van der Waals surface area contributed by atoms with Gasteiger partial charge >= 0.3 is 6.09 Å². The smallest absolute Gasteiger partial charge is 0.407 e. The number of carbonyl (C=O) groups excluding carboxylic acids is 5. The highest BCUT2D eigenvalue weighted by Gasteiger charge is 2.16. The molecular weight excluding hydrogens is 983 g/mol. The number of anilines is 2. The number of aromatic hydroxyl groups is 1. The zero-order valence-electron chi connectivity index (χ0n) is 43.8. The first kappa shape index (κ1) is 61.3. The number of phenols is 1. The molecule has 76 heavy (non-hydrogen) atoms. The summed E-state index contributed by atoms with van der Waals surface area (Å²) in [5, 5.41) is 30.4. The second kappa shape index (κ2) is 35.9. The number of hydrogen-bond acceptors (Lipinski definition) is 17. The number of amides is 5. The fourth-order valence-electron chi connectivity index (χ4n) is 6.65. The van der Waals surface area contributed by atoms with Crippen molar-refractivity contribution in [3.05, 3.63) is 113 Å². The predicted molar refractivity (Wildman–Crippen MR) is 286 cm³/mol. The molecule has 4 aromatic rings. The minimum Gasteiger partial charge on any atom is -0.506 e. The molecule has 0 aliphatic heterocycles. The topological polar surface area (TPSA) is 293 Å². The first-order chi connectivity index (χ1) is 36.8. The van der Waals surface area contributed by atoms with Crippen LogP contribution in [-0.2, 0) is 44.4 Å². The molecule has 9 N–H and O–H groups in total. The molecule has 0 aliphatic rings. The third-order valence-electron chi connectivity index (χ3n) is 10.5. The number of nitrogens with one attached hydrogen (secondary N) is 6. The highest BCUT2D eigenvalue weighted by atomic mass is 16.6. The summed E-state index contributed by atoms with van der Waals surface area (Å²) in [6.07, 6.45) is 2.90. The van der Waals surface area contributed by atoms with Crippen molar-refractivity contribution >= 4 is 52.5 Å². The summed E-state index contributed by atoms with van der Waals surface area (Å²) in [5.41, 5.74) is 14.4. The van der Waals surface area contributed by atoms with Gasteiger partial charge in [0.1, 0.15) is 17.0 Å². The number of hydrazine groups is 1. The second-order valence-electron chi connectivity index (χ2n) is 17.8. The van der Waals surface area contributed by atoms with E-state index in [1.165, 1.54) is 12.1 Å². The largest absolute Gasteiger partial charge is 0.506 e. The normalized spacial score (nSPS) is 11.2. The van der Waals surface area contributed by atoms with E-state index in [1.807, 2.05) is 24.3 Å². The first-order valence-corrected chi connectivity index (χ1v) is 25.4. The number of azo groups is 1. The molecule has 0 heterocycles. The van der Waals surface area contributed by atoms with Crippen LogP contribution in [0.15, 0.2) is 101 Å². The third kappa shape index (κ3) is 26.8. The van der Waals surface area contributed by atoms with Gasteiger partial charge in [0.2, 0.25) is 11.8 Å². The summed E-state index contributed by atoms with van der Waals surface area (Å²) in [4.78, 5) is 60.7. The molecule has 22 nitrogen and oxygen atoms in total. The van der Waals surface area contributed by atoms with Crippen molar-refractivity contribution in [2.45, 2.75) is 58.5 Å². The number of ether oxygens (including phenoxy) is 7. The van der Waals surface area contributed by atoms with Gasteiger partial charge in [0.15, 0.2) is 0 Å². The van der Waals surface area contributed by atoms with Gasteiger partial charge in [0.05, 0.1) is 96.3 Å². The Labute approximate surface area is 444 Å². The number of benzene rings is 4. The van der Waals surface area contributed by atoms with Gasteiger partial charge in [-0.05, 0) is 119 Å². The molecule has 0 bridgehead atoms. The Kier molecular flexibility index (Phi) is 29.0. The predicted octanol–water partition coefficient (Wildman–Crippen LogP) is 6.35. The van der Waals surface area contributed by atoms with E-state index in [-0.39, 0.29) is 35.2 Å². The lowest BCUT2D eigenvalue weighted by atomic mass is 10.1. The van der Waals surface area contributed by atoms with E-state index < -0.39 is 23.5 Å². The number of phenolic OH excluding ortho intramolecular Hbond substituents is 1. The summed E-state index contributed by atoms with van der Waals surface area (Å²) in [6, 6.07) is 25.2. The SMILES string of the molecule is CC(C)(C)OC(=O)NCCc1ccc(O)c(/N=N/c2ccc(C(=O)NCCOCCOCCOCCOCCOCCOCCC(=O)NCCCCCNc3ccccc3NNC(=O)c3cccc(C(N)=O)c3)cc2)c1. The van der Waals surface area contributed by atoms with Crippen molar-refractivity contribution in [2.24, 2.45) is 16.0 Å². The molecule has 0 radical (unpaired) electrons. The highest BCUT2D eigenvalue weighted by molar-refractivity contribution is 5.99. The molecule has 0 saturated heterocycles. The monoisotopic (exact) mass is 1060 g/mol. The summed E-state index contributed by atoms with van der Waals surface area (Å²) >= 11 is 0. The minimum absolute atomic E-state index is 0.0367. The number of hydrogen-bond donors (Lipinski definition) is 8. The van der Waals surface area contributed by atoms with E-state index in [0.29, 0.717) is 134 Å². The lowest BCUT2D eigenvalue weighted by Crippen LogP contribution is -2.33. The molecule has 0 atom stereocenters. The van der Waals surface area contributed by atoms with Crippen LogP contribution in [0.2, 0.25) is 0 Å². The number of nitrogens with two attached hydrogens (primary N) is 1. The third-order valence-corrected chi connectivity index (χ3v) is 10.5. The number of para-hydroxylation sites is 2. The van der Waals surface area contributed by atoms with Crippen molar-refractivity contribution in [3.8, 4) is 5.75 Å². The van der Waals surface area contributed by atoms with Crippen molar-refractivity contribution in [1.82, 2.24) is 21.4 Å². The quantitative estimate of drug-likeness (QED) is 0.0138. The molecule has 5 amide bonds. The van der Waals surface area contributed by atoms with Crippen LogP contribution < -0.4 is 37.9 Å². The van der Waals surface area contributed by atoms with E-state index in [4.69, 9.17) is 38.9 Å². The maximum absolute atomic E-state index is 12.6. The van der Waals surface area contributed by atoms with Crippen LogP contribution in [-0.4, -0.2) is 146 Å². The molecule has 0 unspecified atom stereocenters. The molecule has 414 valence electrons. The van der Waals surface area contributed by atoms with E-state index in [0.717, 1.165) is 30.5 Å². The van der Waals surface area contributed by atoms with Crippen molar-refractivity contribution in [1.29, 1.82) is 0 Å². The number of carbonyl (C=O) groups is 5. The Morgan fingerprint density at radius 1 is 0.553 bits per heavy atom. The molecular formula is C54H75N9O13. The average Bonchev–Trinajstić information content (AvgIpc) is 3.40. The van der Waals surface area contributed by atoms with E-state index >= 15 is 0 Å². The molecule has 0 aliphatic carbocycles. The zero-order valence-corrected chi connectivity index (χ0v) is 43.8. The van der Waals surface area contributed by atoms with Crippen LogP contribution in [0.3, 0.4) is 0 Å². The number of unbranched alkanes of at least 4 members (excludes halogenated alkanes) is 2. The molecule has 22 heteroatoms. The molecule has 0 fully saturated rings. The van der Waals surface area contributed by atoms with Crippen molar-refractivity contribution < 1.29 is 62.2 Å². The standard InChI is InChI=1S/C54H75N9O13/c1-54(2,3)76-53(69)59-24-20-40-14-19-48(64)47(38-40)62-60-44-17-15-41(16-18-44)51(67)58-25-27-71-29-31-73-33-35-75-37-36-74-34-32-72-30-28-70-26-21-49(65)57-23-8-4-7-22-56-45-12-5-6-13-46(45)61-63-52(68)43-11-9-10-42(39-43)50(55)66/h5-6,9-19,38-39,56,61,64H,4,7-8,20-37H2,1-3H3,(H2,55,66)(H,57,65)(H,58,67)(H,59,69)(H,63,68)/b62-60+. The molecule has 4 aromatic carbocycles. The Morgan fingerprint density at radius 3 is 1.80 bits per heavy atom. The Hall–Kier alpha value is -7.21. The van der Waals surface area contributed by atoms with Gasteiger partial charge in [-0.15, -0.1) is 5.11 Å². The molecule has 0 aromatic heterocycles. The maximum Gasteiger partial charge on any atom is 0.407 e. The van der Waals surface area contributed by atoms with Crippen LogP contribution in [0.1, 0.15) is 83.1 Å². The molecule has 4 rings (SSSR count). The Bertz CT molecular complexity index is 2400. The average molecular weight is 1060 g/mol. The van der Waals surface area contributed by atoms with E-state index in [9.17, 15) is 29.1 Å². The number of primary amides is 1. The van der Waals surface area contributed by atoms with Gasteiger partial charge in [-0.1, -0.05) is 24.3 Å². The van der Waals surface area contributed by atoms with E-state index in [2.05, 4.69) is 42.3 Å². The molecule has 0 saturated carbocycles. The summed E-state index contributed by atoms with van der Waals surface area (Å²) < 4.78 is 38.4. The number of rotatable bonds is 38. The van der Waals surface area contributed by atoms with Crippen molar-refractivity contribution in [3.63, 3.8) is 0 Å². The minimum atomic E-state index is -0.607. The highest BCUT2D eigenvalue weighted by Crippen LogP contribution is 2.29. The lowest BCUT2D eigenvalue weighted by Gasteiger charge is -2.19. The van der Waals surface area contributed by atoms with Crippen LogP contribution >= 0.6 is 0 Å². The second-order valence-corrected chi connectivity index (χ2v) is 17.8. The Balaban J connectivity index is 0.870. The fourth-order valence-corrected chi connectivity index (χ4v) is 6.65. The molecule has 0 spiro atoms. The van der Waals surface area contributed by atoms with Crippen molar-refractivity contribution in [2.75, 3.05) is 116 Å². The fraction of sp³-hybridized carbons (Fsp3) is 0.463. The van der Waals surface area contributed by atoms with Gasteiger partial charge < -0.3 is 65.3 Å².